The summed E-state index contributed by atoms with van der Waals surface area (Å²) in [7, 11) is 0. The fourth-order valence-electron chi connectivity index (χ4n) is 1.53. The zero-order valence-corrected chi connectivity index (χ0v) is 10.5. The average Bonchev–Trinajstić information content (AvgIpc) is 2.72. The highest BCUT2D eigenvalue weighted by atomic mass is 16.2. The molecule has 0 aromatic carbocycles. The predicted molar refractivity (Wildman–Crippen MR) is 62.2 cm³/mol. The fourth-order valence-corrected chi connectivity index (χ4v) is 1.53. The van der Waals surface area contributed by atoms with Gasteiger partial charge < -0.3 is 5.32 Å². The third kappa shape index (κ3) is 3.66. The standard InChI is InChI=1S/C11H15N5O2/c1-7(2)11(8(3)17)14-10(18)5-16-6-13-9(4-12)15-16/h6-7,11H,5H2,1-3H3,(H,14,18). The molecule has 0 radical (unpaired) electrons. The van der Waals surface area contributed by atoms with Gasteiger partial charge in [0.25, 0.3) is 5.82 Å². The van der Waals surface area contributed by atoms with Crippen LogP contribution in [0.15, 0.2) is 6.33 Å². The number of hydrogen-bond donors (Lipinski definition) is 1. The van der Waals surface area contributed by atoms with Crippen LogP contribution in [0.25, 0.3) is 0 Å². The Balaban J connectivity index is 2.61. The molecule has 0 spiro atoms. The lowest BCUT2D eigenvalue weighted by atomic mass is 10.0. The Kier molecular flexibility index (Phi) is 4.54. The minimum atomic E-state index is -0.503. The van der Waals surface area contributed by atoms with Gasteiger partial charge in [0.15, 0.2) is 5.78 Å². The van der Waals surface area contributed by atoms with Crippen molar-refractivity contribution in [1.29, 1.82) is 5.26 Å². The van der Waals surface area contributed by atoms with Crippen LogP contribution in [0, 0.1) is 17.2 Å². The smallest absolute Gasteiger partial charge is 0.252 e. The molecule has 1 aromatic rings. The Bertz CT molecular complexity index is 486. The van der Waals surface area contributed by atoms with Crippen molar-refractivity contribution < 1.29 is 9.59 Å². The van der Waals surface area contributed by atoms with Crippen molar-refractivity contribution >= 4 is 11.7 Å². The quantitative estimate of drug-likeness (QED) is 0.784. The Morgan fingerprint density at radius 2 is 2.22 bits per heavy atom. The minimum Gasteiger partial charge on any atom is -0.344 e. The monoisotopic (exact) mass is 249 g/mol. The number of carbonyl (C=O) groups excluding carboxylic acids is 2. The summed E-state index contributed by atoms with van der Waals surface area (Å²) >= 11 is 0. The van der Waals surface area contributed by atoms with Crippen molar-refractivity contribution in [3.8, 4) is 6.07 Å². The number of rotatable bonds is 5. The van der Waals surface area contributed by atoms with Gasteiger partial charge in [-0.1, -0.05) is 13.8 Å². The van der Waals surface area contributed by atoms with Crippen LogP contribution in [0.1, 0.15) is 26.6 Å². The van der Waals surface area contributed by atoms with Crippen LogP contribution in [0.5, 0.6) is 0 Å². The van der Waals surface area contributed by atoms with Gasteiger partial charge in [-0.15, -0.1) is 5.10 Å². The average molecular weight is 249 g/mol. The number of aromatic nitrogens is 3. The van der Waals surface area contributed by atoms with E-state index in [1.165, 1.54) is 17.9 Å². The number of nitriles is 1. The second-order valence-corrected chi connectivity index (χ2v) is 4.28. The molecule has 0 saturated heterocycles. The normalized spacial score (nSPS) is 11.9. The van der Waals surface area contributed by atoms with Crippen molar-refractivity contribution in [2.45, 2.75) is 33.4 Å². The molecule has 1 amide bonds. The van der Waals surface area contributed by atoms with E-state index in [0.29, 0.717) is 0 Å². The Labute approximate surface area is 105 Å². The summed E-state index contributed by atoms with van der Waals surface area (Å²) < 4.78 is 1.26. The van der Waals surface area contributed by atoms with Crippen molar-refractivity contribution in [3.05, 3.63) is 12.2 Å². The van der Waals surface area contributed by atoms with E-state index in [9.17, 15) is 9.59 Å². The summed E-state index contributed by atoms with van der Waals surface area (Å²) in [6.07, 6.45) is 1.30. The lowest BCUT2D eigenvalue weighted by Crippen LogP contribution is -2.44. The molecule has 1 heterocycles. The Hall–Kier alpha value is -2.23. The molecule has 1 atom stereocenters. The first-order valence-corrected chi connectivity index (χ1v) is 5.53. The van der Waals surface area contributed by atoms with Crippen LogP contribution < -0.4 is 5.32 Å². The Morgan fingerprint density at radius 1 is 1.56 bits per heavy atom. The molecule has 7 nitrogen and oxygen atoms in total. The SMILES string of the molecule is CC(=O)C(NC(=O)Cn1cnc(C#N)n1)C(C)C. The third-order valence-corrected chi connectivity index (χ3v) is 2.36. The number of ketones is 1. The van der Waals surface area contributed by atoms with E-state index < -0.39 is 6.04 Å². The molecule has 0 aliphatic carbocycles. The third-order valence-electron chi connectivity index (χ3n) is 2.36. The number of nitrogens with zero attached hydrogens (tertiary/aromatic N) is 4. The molecular weight excluding hydrogens is 234 g/mol. The van der Waals surface area contributed by atoms with Gasteiger partial charge in [-0.2, -0.15) is 5.26 Å². The molecule has 1 unspecified atom stereocenters. The van der Waals surface area contributed by atoms with Crippen molar-refractivity contribution in [1.82, 2.24) is 20.1 Å². The number of amides is 1. The van der Waals surface area contributed by atoms with Gasteiger partial charge in [0, 0.05) is 0 Å². The molecule has 0 aliphatic heterocycles. The first-order valence-electron chi connectivity index (χ1n) is 5.53. The van der Waals surface area contributed by atoms with Gasteiger partial charge in [-0.25, -0.2) is 9.67 Å². The zero-order valence-electron chi connectivity index (χ0n) is 10.5. The molecule has 1 rings (SSSR count). The maximum Gasteiger partial charge on any atom is 0.252 e. The molecule has 1 aromatic heterocycles. The van der Waals surface area contributed by atoms with E-state index in [1.54, 1.807) is 6.07 Å². The van der Waals surface area contributed by atoms with E-state index in [0.717, 1.165) is 0 Å². The van der Waals surface area contributed by atoms with E-state index in [1.807, 2.05) is 13.8 Å². The van der Waals surface area contributed by atoms with Crippen LogP contribution in [0.3, 0.4) is 0 Å². The largest absolute Gasteiger partial charge is 0.344 e. The summed E-state index contributed by atoms with van der Waals surface area (Å²) in [6.45, 7) is 5.09. The number of Topliss-reactive ketones (excluding diaryl/α,β-unsaturated/α-hetero) is 1. The maximum absolute atomic E-state index is 11.7. The molecule has 0 fully saturated rings. The highest BCUT2D eigenvalue weighted by molar-refractivity contribution is 5.87. The summed E-state index contributed by atoms with van der Waals surface area (Å²) in [5.41, 5.74) is 0. The van der Waals surface area contributed by atoms with Crippen molar-refractivity contribution in [2.75, 3.05) is 0 Å². The van der Waals surface area contributed by atoms with E-state index in [4.69, 9.17) is 5.26 Å². The van der Waals surface area contributed by atoms with E-state index in [2.05, 4.69) is 15.4 Å². The minimum absolute atomic E-state index is 0.00905. The molecular formula is C11H15N5O2. The van der Waals surface area contributed by atoms with Crippen LogP contribution in [0.4, 0.5) is 0 Å². The molecule has 0 aliphatic rings. The van der Waals surface area contributed by atoms with Gasteiger partial charge in [0.05, 0.1) is 6.04 Å². The number of hydrogen-bond acceptors (Lipinski definition) is 5. The molecule has 0 bridgehead atoms. The molecule has 0 saturated carbocycles. The predicted octanol–water partition coefficient (Wildman–Crippen LogP) is -0.120. The van der Waals surface area contributed by atoms with Crippen LogP contribution in [-0.4, -0.2) is 32.5 Å². The van der Waals surface area contributed by atoms with Gasteiger partial charge in [-0.3, -0.25) is 9.59 Å². The Morgan fingerprint density at radius 3 is 2.67 bits per heavy atom. The van der Waals surface area contributed by atoms with Gasteiger partial charge in [0.2, 0.25) is 5.91 Å². The molecule has 7 heteroatoms. The lowest BCUT2D eigenvalue weighted by molar-refractivity contribution is -0.128. The number of carbonyl (C=O) groups is 2. The summed E-state index contributed by atoms with van der Waals surface area (Å²) in [5.74, 6) is -0.389. The zero-order chi connectivity index (χ0) is 13.7. The summed E-state index contributed by atoms with van der Waals surface area (Å²) in [4.78, 5) is 26.7. The summed E-state index contributed by atoms with van der Waals surface area (Å²) in [5, 5.41) is 14.9. The van der Waals surface area contributed by atoms with Gasteiger partial charge in [-0.05, 0) is 12.8 Å². The molecule has 1 N–H and O–H groups in total. The highest BCUT2D eigenvalue weighted by Gasteiger charge is 2.20. The second-order valence-electron chi connectivity index (χ2n) is 4.28. The van der Waals surface area contributed by atoms with Gasteiger partial charge in [0.1, 0.15) is 18.9 Å². The van der Waals surface area contributed by atoms with Crippen molar-refractivity contribution in [2.24, 2.45) is 5.92 Å². The van der Waals surface area contributed by atoms with Crippen LogP contribution >= 0.6 is 0 Å². The fraction of sp³-hybridized carbons (Fsp3) is 0.545. The number of nitrogens with one attached hydrogen (secondary N) is 1. The van der Waals surface area contributed by atoms with E-state index in [-0.39, 0.29) is 30.0 Å². The topological polar surface area (TPSA) is 101 Å². The first-order chi connectivity index (χ1) is 8.43. The maximum atomic E-state index is 11.7. The summed E-state index contributed by atoms with van der Waals surface area (Å²) in [6, 6.07) is 1.27. The highest BCUT2D eigenvalue weighted by Crippen LogP contribution is 2.02. The van der Waals surface area contributed by atoms with Crippen molar-refractivity contribution in [3.63, 3.8) is 0 Å². The second kappa shape index (κ2) is 5.91. The van der Waals surface area contributed by atoms with Crippen LogP contribution in [0.2, 0.25) is 0 Å². The molecule has 18 heavy (non-hydrogen) atoms. The first kappa shape index (κ1) is 13.8. The van der Waals surface area contributed by atoms with Gasteiger partial charge >= 0.3 is 0 Å². The van der Waals surface area contributed by atoms with E-state index >= 15 is 0 Å². The molecule has 96 valence electrons. The lowest BCUT2D eigenvalue weighted by Gasteiger charge is -2.19. The van der Waals surface area contributed by atoms with Crippen LogP contribution in [-0.2, 0) is 16.1 Å².